The van der Waals surface area contributed by atoms with Gasteiger partial charge in [0.1, 0.15) is 34.4 Å². The van der Waals surface area contributed by atoms with Crippen LogP contribution in [0.3, 0.4) is 0 Å². The molecule has 2 saturated heterocycles. The summed E-state index contributed by atoms with van der Waals surface area (Å²) in [5.41, 5.74) is 4.19. The highest BCUT2D eigenvalue weighted by Crippen LogP contribution is 2.53. The number of piperazine rings is 1. The van der Waals surface area contributed by atoms with Crippen molar-refractivity contribution in [2.24, 2.45) is 11.3 Å². The van der Waals surface area contributed by atoms with E-state index in [9.17, 15) is 32.8 Å². The Labute approximate surface area is 437 Å². The second-order valence-corrected chi connectivity index (χ2v) is 23.5. The molecule has 396 valence electrons. The Balaban J connectivity index is 0.837. The maximum Gasteiger partial charge on any atom is 0.293 e. The first kappa shape index (κ1) is 51.9. The summed E-state index contributed by atoms with van der Waals surface area (Å²) in [5, 5.41) is 25.9. The van der Waals surface area contributed by atoms with Gasteiger partial charge in [-0.1, -0.05) is 50.2 Å². The number of nitrogens with one attached hydrogen (secondary N) is 3. The Morgan fingerprint density at radius 2 is 1.71 bits per heavy atom. The number of nitrogens with zero attached hydrogens (tertiary/aromatic N) is 5. The molecule has 0 radical (unpaired) electrons. The fourth-order valence-electron chi connectivity index (χ4n) is 11.9. The topological polar surface area (TPSA) is 195 Å². The summed E-state index contributed by atoms with van der Waals surface area (Å²) in [4.78, 5) is 39.9. The number of fused-ring (bicyclic) bond motifs is 1. The zero-order valence-corrected chi connectivity index (χ0v) is 43.9. The zero-order chi connectivity index (χ0) is 52.6. The minimum Gasteiger partial charge on any atom is -0.497 e. The smallest absolute Gasteiger partial charge is 0.293 e. The van der Waals surface area contributed by atoms with Gasteiger partial charge < -0.3 is 29.8 Å². The van der Waals surface area contributed by atoms with Crippen LogP contribution in [0.4, 0.5) is 21.5 Å². The van der Waals surface area contributed by atoms with Crippen molar-refractivity contribution in [2.45, 2.75) is 107 Å². The van der Waals surface area contributed by atoms with E-state index in [0.29, 0.717) is 37.0 Å². The summed E-state index contributed by atoms with van der Waals surface area (Å²) in [7, 11) is -2.95. The quantitative estimate of drug-likeness (QED) is 0.0529. The Hall–Kier alpha value is -6.60. The molecule has 1 amide bonds. The lowest BCUT2D eigenvalue weighted by atomic mass is 9.59. The van der Waals surface area contributed by atoms with Crippen LogP contribution in [-0.2, 0) is 16.6 Å². The number of carbonyl (C=O) groups excluding carboxylic acids is 1. The molecule has 4 heterocycles. The van der Waals surface area contributed by atoms with Gasteiger partial charge in [0.2, 0.25) is 0 Å². The number of nitro groups is 1. The van der Waals surface area contributed by atoms with Crippen molar-refractivity contribution in [3.05, 3.63) is 142 Å². The lowest BCUT2D eigenvalue weighted by molar-refractivity contribution is -0.384. The van der Waals surface area contributed by atoms with Crippen LogP contribution < -0.4 is 24.4 Å². The van der Waals surface area contributed by atoms with Crippen LogP contribution in [0.2, 0.25) is 0 Å². The third-order valence-electron chi connectivity index (χ3n) is 16.4. The van der Waals surface area contributed by atoms with Gasteiger partial charge in [0.25, 0.3) is 21.6 Å². The number of hydrogen-bond acceptors (Lipinski definition) is 13. The number of ether oxygens (including phenoxy) is 2. The number of nitro benzene ring substituents is 1. The van der Waals surface area contributed by atoms with E-state index in [1.165, 1.54) is 53.3 Å². The highest BCUT2D eigenvalue weighted by molar-refractivity contribution is 7.90. The molecule has 4 N–H and O–H groups in total. The number of aliphatic hydroxyl groups is 1. The van der Waals surface area contributed by atoms with Crippen molar-refractivity contribution in [3.63, 3.8) is 0 Å². The molecule has 0 bridgehead atoms. The first-order chi connectivity index (χ1) is 35.9. The van der Waals surface area contributed by atoms with E-state index >= 15 is 0 Å². The highest BCUT2D eigenvalue weighted by atomic mass is 32.2. The summed E-state index contributed by atoms with van der Waals surface area (Å²) >= 11 is 0. The Morgan fingerprint density at radius 3 is 2.43 bits per heavy atom. The number of methoxy groups -OCH3 is 1. The van der Waals surface area contributed by atoms with Crippen molar-refractivity contribution < 1.29 is 37.1 Å². The summed E-state index contributed by atoms with van der Waals surface area (Å²) in [6.07, 6.45) is 9.47. The molecular weight excluding hydrogens is 976 g/mol. The van der Waals surface area contributed by atoms with E-state index in [-0.39, 0.29) is 45.5 Å². The molecule has 16 nitrogen and oxygen atoms in total. The number of rotatable bonds is 16. The predicted molar refractivity (Wildman–Crippen MR) is 287 cm³/mol. The summed E-state index contributed by atoms with van der Waals surface area (Å²) in [6.45, 7) is 12.1. The maximum absolute atomic E-state index is 14.7. The molecule has 10 rings (SSSR count). The number of piperidine rings is 1. The maximum atomic E-state index is 14.7. The summed E-state index contributed by atoms with van der Waals surface area (Å²) < 4.78 is 56.2. The van der Waals surface area contributed by atoms with Crippen LogP contribution in [0.25, 0.3) is 11.0 Å². The minimum atomic E-state index is -4.64. The number of anilines is 2. The van der Waals surface area contributed by atoms with Crippen LogP contribution >= 0.6 is 0 Å². The third-order valence-corrected chi connectivity index (χ3v) is 17.7. The van der Waals surface area contributed by atoms with Crippen LogP contribution in [0.5, 0.6) is 17.2 Å². The van der Waals surface area contributed by atoms with Crippen LogP contribution in [-0.4, -0.2) is 102 Å². The molecule has 6 aromatic rings. The lowest BCUT2D eigenvalue weighted by Gasteiger charge is -2.58. The molecular formula is C57H67FN8O8S. The molecule has 18 heteroatoms. The molecule has 0 unspecified atom stereocenters. The van der Waals surface area contributed by atoms with Gasteiger partial charge in [-0.15, -0.1) is 0 Å². The molecule has 1 spiro atoms. The number of pyridine rings is 1. The molecule has 2 aliphatic carbocycles. The number of aromatic amines is 1. The third kappa shape index (κ3) is 11.3. The summed E-state index contributed by atoms with van der Waals surface area (Å²) in [6, 6.07) is 27.9. The number of sulfonamides is 1. The lowest BCUT2D eigenvalue weighted by Crippen LogP contribution is -2.60. The van der Waals surface area contributed by atoms with Crippen molar-refractivity contribution in [2.75, 3.05) is 56.6 Å². The average Bonchev–Trinajstić information content (AvgIpc) is 3.76. The van der Waals surface area contributed by atoms with Crippen LogP contribution in [0.1, 0.15) is 111 Å². The minimum absolute atomic E-state index is 0.0231. The zero-order valence-electron chi connectivity index (χ0n) is 43.1. The van der Waals surface area contributed by atoms with Gasteiger partial charge in [-0.25, -0.2) is 22.5 Å². The first-order valence-electron chi connectivity index (χ1n) is 26.2. The fourth-order valence-corrected chi connectivity index (χ4v) is 12.9. The Bertz CT molecular complexity index is 3160. The van der Waals surface area contributed by atoms with Gasteiger partial charge in [-0.05, 0) is 135 Å². The molecule has 4 fully saturated rings. The molecule has 4 aliphatic rings. The van der Waals surface area contributed by atoms with E-state index in [1.54, 1.807) is 26.2 Å². The van der Waals surface area contributed by atoms with E-state index in [1.807, 2.05) is 12.1 Å². The number of benzene rings is 4. The van der Waals surface area contributed by atoms with Crippen LogP contribution in [0.15, 0.2) is 108 Å². The number of H-pyrrole nitrogens is 1. The molecule has 1 atom stereocenters. The van der Waals surface area contributed by atoms with Crippen LogP contribution in [0, 0.1) is 27.3 Å². The molecule has 2 aliphatic heterocycles. The summed E-state index contributed by atoms with van der Waals surface area (Å²) in [5.74, 6) is 0.0259. The number of carbonyl (C=O) groups is 1. The normalized spacial score (nSPS) is 21.5. The first-order valence-corrected chi connectivity index (χ1v) is 27.6. The van der Waals surface area contributed by atoms with E-state index < -0.39 is 42.9 Å². The highest BCUT2D eigenvalue weighted by Gasteiger charge is 2.50. The van der Waals surface area contributed by atoms with E-state index in [4.69, 9.17) is 9.47 Å². The molecule has 4 aromatic carbocycles. The fraction of sp³-hybridized carbons (Fsp3) is 0.439. The standard InChI is InChI=1S/C57H67FN8O8S/c1-37(2)45-7-5-6-8-46(45)52-36-63(35-39-9-12-42(73-4)13-10-39)25-26-65(52)41-30-57(31-41)21-23-64(24-22-57)40-11-15-47(53(27-40)74-43-28-48-49(58)34-61-54(48)60-33-43)55(67)62-75(71,72)44-14-16-50(51(29-44)66(69)70)59-32-38-17-19-56(3,68)20-18-38/h5-16,27-29,33-34,37-38,41,52,59,68H,17-26,30-32,35-36H2,1-4H3,(H,60,61)(H,62,67)/t38?,52-,56?/m0/s1. The van der Waals surface area contributed by atoms with E-state index in [0.717, 1.165) is 95.3 Å². The van der Waals surface area contributed by atoms with Gasteiger partial charge in [0, 0.05) is 81.9 Å². The van der Waals surface area contributed by atoms with Gasteiger partial charge in [-0.3, -0.25) is 24.7 Å². The average molecular weight is 1040 g/mol. The molecule has 2 saturated carbocycles. The van der Waals surface area contributed by atoms with Gasteiger partial charge >= 0.3 is 0 Å². The Kier molecular flexibility index (Phi) is 14.7. The molecule has 75 heavy (non-hydrogen) atoms. The van der Waals surface area contributed by atoms with Crippen molar-refractivity contribution in [3.8, 4) is 17.2 Å². The van der Waals surface area contributed by atoms with Crippen molar-refractivity contribution in [1.82, 2.24) is 24.5 Å². The molecule has 2 aromatic heterocycles. The van der Waals surface area contributed by atoms with E-state index in [2.05, 4.69) is 85.0 Å². The second-order valence-electron chi connectivity index (χ2n) is 21.8. The number of aromatic nitrogens is 2. The number of hydrogen-bond donors (Lipinski definition) is 4. The predicted octanol–water partition coefficient (Wildman–Crippen LogP) is 10.3. The Morgan fingerprint density at radius 1 is 0.960 bits per heavy atom. The van der Waals surface area contributed by atoms with Gasteiger partial charge in [0.05, 0.1) is 39.7 Å². The largest absolute Gasteiger partial charge is 0.497 e. The second kappa shape index (κ2) is 21.2. The van der Waals surface area contributed by atoms with Crippen molar-refractivity contribution >= 4 is 44.0 Å². The SMILES string of the molecule is COc1ccc(CN2CCN(C3CC4(CCN(c5ccc(C(=O)NS(=O)(=O)c6ccc(NCC7CCC(C)(O)CC7)c([N+](=O)[O-])c6)c(Oc6cnc7[nH]cc(F)c7c6)c5)CC4)C3)[C@H](c3ccccc3C(C)C)C2)cc1. The van der Waals surface area contributed by atoms with Gasteiger partial charge in [0.15, 0.2) is 0 Å². The number of halogens is 1. The monoisotopic (exact) mass is 1040 g/mol. The van der Waals surface area contributed by atoms with Gasteiger partial charge in [-0.2, -0.15) is 0 Å². The van der Waals surface area contributed by atoms with Crippen molar-refractivity contribution in [1.29, 1.82) is 0 Å². The number of amides is 1.